The summed E-state index contributed by atoms with van der Waals surface area (Å²) in [5.41, 5.74) is 3.13. The van der Waals surface area contributed by atoms with Crippen LogP contribution >= 0.6 is 0 Å². The molecule has 3 heterocycles. The number of hydrogen-bond acceptors (Lipinski definition) is 4. The van der Waals surface area contributed by atoms with Crippen LogP contribution in [0.3, 0.4) is 0 Å². The van der Waals surface area contributed by atoms with Crippen molar-refractivity contribution in [2.45, 2.75) is 50.2 Å². The van der Waals surface area contributed by atoms with Crippen molar-refractivity contribution in [3.63, 3.8) is 0 Å². The summed E-state index contributed by atoms with van der Waals surface area (Å²) in [6, 6.07) is 4.55. The molecule has 0 N–H and O–H groups in total. The number of methoxy groups -OCH3 is 1. The van der Waals surface area contributed by atoms with Crippen LogP contribution in [0.2, 0.25) is 0 Å². The Kier molecular flexibility index (Phi) is 3.14. The Balaban J connectivity index is 1.69. The van der Waals surface area contributed by atoms with Gasteiger partial charge in [-0.15, -0.1) is 0 Å². The molecule has 0 radical (unpaired) electrons. The van der Waals surface area contributed by atoms with Gasteiger partial charge < -0.3 is 14.2 Å². The summed E-state index contributed by atoms with van der Waals surface area (Å²) >= 11 is 0. The highest BCUT2D eigenvalue weighted by molar-refractivity contribution is 5.52. The van der Waals surface area contributed by atoms with Gasteiger partial charge >= 0.3 is 0 Å². The van der Waals surface area contributed by atoms with Gasteiger partial charge in [-0.2, -0.15) is 0 Å². The Bertz CT molecular complexity index is 631. The molecule has 2 fully saturated rings. The third-order valence-electron chi connectivity index (χ3n) is 6.64. The maximum atomic E-state index is 5.81. The lowest BCUT2D eigenvalue weighted by Gasteiger charge is -2.48. The third kappa shape index (κ3) is 1.91. The van der Waals surface area contributed by atoms with Crippen LogP contribution in [-0.2, 0) is 16.7 Å². The second-order valence-corrected chi connectivity index (χ2v) is 7.50. The lowest BCUT2D eigenvalue weighted by atomic mass is 9.67. The Hall–Kier alpha value is -1.26. The zero-order chi connectivity index (χ0) is 15.4. The fourth-order valence-corrected chi connectivity index (χ4v) is 5.59. The fraction of sp³-hybridized carbons (Fsp3) is 0.684. The highest BCUT2D eigenvalue weighted by Crippen LogP contribution is 2.56. The molecule has 1 aliphatic carbocycles. The quantitative estimate of drug-likeness (QED) is 0.797. The van der Waals surface area contributed by atoms with Gasteiger partial charge in [0.05, 0.1) is 11.6 Å². The summed E-state index contributed by atoms with van der Waals surface area (Å²) in [5, 5.41) is 0. The summed E-state index contributed by atoms with van der Waals surface area (Å²) < 4.78 is 17.2. The van der Waals surface area contributed by atoms with Crippen LogP contribution in [0.4, 0.5) is 0 Å². The van der Waals surface area contributed by atoms with Crippen molar-refractivity contribution < 1.29 is 14.2 Å². The monoisotopic (exact) mass is 315 g/mol. The average Bonchev–Trinajstić information content (AvgIpc) is 3.15. The van der Waals surface area contributed by atoms with E-state index in [-0.39, 0.29) is 5.54 Å². The van der Waals surface area contributed by atoms with E-state index in [1.54, 1.807) is 0 Å². The second-order valence-electron chi connectivity index (χ2n) is 7.50. The number of rotatable bonds is 1. The van der Waals surface area contributed by atoms with E-state index in [1.807, 2.05) is 7.11 Å². The van der Waals surface area contributed by atoms with Gasteiger partial charge in [-0.25, -0.2) is 0 Å². The zero-order valence-corrected chi connectivity index (χ0v) is 13.8. The maximum Gasteiger partial charge on any atom is 0.231 e. The lowest BCUT2D eigenvalue weighted by Crippen LogP contribution is -2.50. The average molecular weight is 315 g/mol. The molecule has 5 rings (SSSR count). The topological polar surface area (TPSA) is 30.9 Å². The van der Waals surface area contributed by atoms with Gasteiger partial charge in [0.15, 0.2) is 11.5 Å². The molecule has 1 spiro atoms. The summed E-state index contributed by atoms with van der Waals surface area (Å²) in [6.45, 7) is 2.79. The van der Waals surface area contributed by atoms with E-state index in [0.29, 0.717) is 12.9 Å². The molecule has 1 aromatic carbocycles. The van der Waals surface area contributed by atoms with Gasteiger partial charge in [0.2, 0.25) is 6.79 Å². The molecule has 0 unspecified atom stereocenters. The summed E-state index contributed by atoms with van der Waals surface area (Å²) in [7, 11) is 1.87. The van der Waals surface area contributed by atoms with E-state index in [4.69, 9.17) is 14.2 Å². The van der Waals surface area contributed by atoms with Crippen molar-refractivity contribution in [2.24, 2.45) is 5.92 Å². The minimum absolute atomic E-state index is 0.158. The molecule has 1 saturated carbocycles. The van der Waals surface area contributed by atoms with Gasteiger partial charge in [-0.3, -0.25) is 4.90 Å². The fourth-order valence-electron chi connectivity index (χ4n) is 5.59. The second kappa shape index (κ2) is 5.12. The van der Waals surface area contributed by atoms with Crippen LogP contribution in [0, 0.1) is 5.92 Å². The Morgan fingerprint density at radius 2 is 2.00 bits per heavy atom. The lowest BCUT2D eigenvalue weighted by molar-refractivity contribution is -0.0281. The molecule has 4 nitrogen and oxygen atoms in total. The van der Waals surface area contributed by atoms with Gasteiger partial charge in [0, 0.05) is 7.11 Å². The van der Waals surface area contributed by atoms with Gasteiger partial charge in [-0.1, -0.05) is 0 Å². The molecule has 124 valence electrons. The van der Waals surface area contributed by atoms with Gasteiger partial charge in [0.25, 0.3) is 0 Å². The Morgan fingerprint density at radius 3 is 2.87 bits per heavy atom. The number of hydrogen-bond donors (Lipinski definition) is 0. The molecule has 3 atom stereocenters. The summed E-state index contributed by atoms with van der Waals surface area (Å²) in [4.78, 5) is 2.76. The predicted octanol–water partition coefficient (Wildman–Crippen LogP) is 3.08. The van der Waals surface area contributed by atoms with Crippen molar-refractivity contribution in [1.82, 2.24) is 4.90 Å². The molecule has 4 aliphatic rings. The molecule has 23 heavy (non-hydrogen) atoms. The van der Waals surface area contributed by atoms with Crippen LogP contribution in [0.5, 0.6) is 11.5 Å². The Labute approximate surface area is 137 Å². The summed E-state index contributed by atoms with van der Waals surface area (Å²) in [6.07, 6.45) is 7.70. The first-order valence-electron chi connectivity index (χ1n) is 9.02. The third-order valence-corrected chi connectivity index (χ3v) is 6.64. The van der Waals surface area contributed by atoms with Crippen molar-refractivity contribution >= 4 is 0 Å². The van der Waals surface area contributed by atoms with E-state index in [2.05, 4.69) is 17.0 Å². The first-order chi connectivity index (χ1) is 11.3. The molecule has 4 heteroatoms. The van der Waals surface area contributed by atoms with E-state index in [0.717, 1.165) is 30.3 Å². The molecule has 3 aliphatic heterocycles. The predicted molar refractivity (Wildman–Crippen MR) is 86.9 cm³/mol. The molecule has 1 saturated heterocycles. The molecule has 0 amide bonds. The van der Waals surface area contributed by atoms with Crippen molar-refractivity contribution in [3.05, 3.63) is 23.3 Å². The Morgan fingerprint density at radius 1 is 1.13 bits per heavy atom. The SMILES string of the molecule is CO[C@@H]1CC[C@H]2CCN3CCCc4cc5c(cc4[C@]23C1)OCO5. The number of ether oxygens (including phenoxy) is 3. The van der Waals surface area contributed by atoms with Crippen molar-refractivity contribution in [3.8, 4) is 11.5 Å². The minimum atomic E-state index is 0.158. The molecule has 0 aromatic heterocycles. The van der Waals surface area contributed by atoms with Crippen LogP contribution in [-0.4, -0.2) is 38.0 Å². The number of aryl methyl sites for hydroxylation is 1. The normalized spacial score (nSPS) is 35.3. The highest BCUT2D eigenvalue weighted by atomic mass is 16.7. The smallest absolute Gasteiger partial charge is 0.231 e. The molecule has 0 bridgehead atoms. The van der Waals surface area contributed by atoms with E-state index in [1.165, 1.54) is 49.9 Å². The van der Waals surface area contributed by atoms with Crippen LogP contribution in [0.15, 0.2) is 12.1 Å². The summed E-state index contributed by atoms with van der Waals surface area (Å²) in [5.74, 6) is 2.62. The van der Waals surface area contributed by atoms with Crippen molar-refractivity contribution in [1.29, 1.82) is 0 Å². The minimum Gasteiger partial charge on any atom is -0.454 e. The van der Waals surface area contributed by atoms with Gasteiger partial charge in [0.1, 0.15) is 0 Å². The van der Waals surface area contributed by atoms with Crippen LogP contribution in [0.1, 0.15) is 43.2 Å². The van der Waals surface area contributed by atoms with Gasteiger partial charge in [-0.05, 0) is 80.8 Å². The van der Waals surface area contributed by atoms with E-state index >= 15 is 0 Å². The van der Waals surface area contributed by atoms with Crippen LogP contribution in [0.25, 0.3) is 0 Å². The zero-order valence-electron chi connectivity index (χ0n) is 13.8. The number of fused-ring (bicyclic) bond motifs is 2. The molecular weight excluding hydrogens is 290 g/mol. The first-order valence-corrected chi connectivity index (χ1v) is 9.02. The van der Waals surface area contributed by atoms with Crippen molar-refractivity contribution in [2.75, 3.05) is 27.0 Å². The highest BCUT2D eigenvalue weighted by Gasteiger charge is 2.54. The van der Waals surface area contributed by atoms with Crippen LogP contribution < -0.4 is 9.47 Å². The molecule has 1 aromatic rings. The molecular formula is C19H25NO3. The maximum absolute atomic E-state index is 5.81. The largest absolute Gasteiger partial charge is 0.454 e. The van der Waals surface area contributed by atoms with E-state index in [9.17, 15) is 0 Å². The number of benzene rings is 1. The first kappa shape index (κ1) is 14.1. The van der Waals surface area contributed by atoms with E-state index < -0.39 is 0 Å². The standard InChI is InChI=1S/C19H25NO3/c1-21-15-5-4-14-6-8-20-7-2-3-13-9-17-18(23-12-22-17)10-16(13)19(14,20)11-15/h9-10,14-15H,2-8,11-12H2,1H3/t14-,15+,19-/m0/s1. The number of nitrogens with zero attached hydrogens (tertiary/aromatic N) is 1.